The number of likely N-dealkylation sites (tertiary alicyclic amines) is 1. The van der Waals surface area contributed by atoms with Gasteiger partial charge in [0.05, 0.1) is 17.8 Å². The van der Waals surface area contributed by atoms with Gasteiger partial charge in [0, 0.05) is 46.9 Å². The van der Waals surface area contributed by atoms with Crippen molar-refractivity contribution in [2.75, 3.05) is 13.1 Å². The lowest BCUT2D eigenvalue weighted by Gasteiger charge is -2.36. The van der Waals surface area contributed by atoms with E-state index in [9.17, 15) is 9.59 Å². The van der Waals surface area contributed by atoms with Gasteiger partial charge in [0.25, 0.3) is 0 Å². The fourth-order valence-corrected chi connectivity index (χ4v) is 4.38. The zero-order valence-electron chi connectivity index (χ0n) is 19.9. The van der Waals surface area contributed by atoms with Gasteiger partial charge in [0.2, 0.25) is 11.8 Å². The molecule has 7 heteroatoms. The van der Waals surface area contributed by atoms with Crippen molar-refractivity contribution in [2.24, 2.45) is 5.41 Å². The Morgan fingerprint density at radius 2 is 1.68 bits per heavy atom. The highest BCUT2D eigenvalue weighted by Gasteiger charge is 2.30. The number of rotatable bonds is 5. The number of piperidine rings is 1. The molecule has 0 unspecified atom stereocenters. The molecule has 0 spiro atoms. The number of hydrogen-bond acceptors (Lipinski definition) is 3. The van der Waals surface area contributed by atoms with Crippen molar-refractivity contribution in [1.29, 1.82) is 0 Å². The zero-order chi connectivity index (χ0) is 24.3. The van der Waals surface area contributed by atoms with Crippen LogP contribution in [0.15, 0.2) is 60.8 Å². The summed E-state index contributed by atoms with van der Waals surface area (Å²) in [5, 5.41) is 8.60. The molecule has 2 heterocycles. The van der Waals surface area contributed by atoms with Crippen LogP contribution in [-0.4, -0.2) is 45.6 Å². The molecule has 2 aromatic carbocycles. The zero-order valence-corrected chi connectivity index (χ0v) is 20.7. The van der Waals surface area contributed by atoms with E-state index in [0.29, 0.717) is 18.1 Å². The van der Waals surface area contributed by atoms with E-state index < -0.39 is 0 Å². The number of amides is 2. The second-order valence-electron chi connectivity index (χ2n) is 9.85. The fourth-order valence-electron chi connectivity index (χ4n) is 4.26. The molecule has 4 rings (SSSR count). The molecular formula is C27H31ClN4O2. The van der Waals surface area contributed by atoms with Crippen molar-refractivity contribution in [3.8, 4) is 16.9 Å². The predicted molar refractivity (Wildman–Crippen MR) is 135 cm³/mol. The number of hydrogen-bond donors (Lipinski definition) is 1. The van der Waals surface area contributed by atoms with Gasteiger partial charge in [-0.05, 0) is 37.1 Å². The molecule has 34 heavy (non-hydrogen) atoms. The van der Waals surface area contributed by atoms with E-state index >= 15 is 0 Å². The molecule has 1 saturated heterocycles. The number of nitrogens with one attached hydrogen (secondary N) is 1. The van der Waals surface area contributed by atoms with E-state index in [0.717, 1.165) is 35.3 Å². The van der Waals surface area contributed by atoms with Crippen molar-refractivity contribution in [1.82, 2.24) is 20.0 Å². The van der Waals surface area contributed by atoms with Crippen LogP contribution >= 0.6 is 11.6 Å². The fraction of sp³-hybridized carbons (Fsp3) is 0.370. The summed E-state index contributed by atoms with van der Waals surface area (Å²) in [7, 11) is 0. The first-order chi connectivity index (χ1) is 16.2. The normalized spacial score (nSPS) is 14.8. The minimum Gasteiger partial charge on any atom is -0.353 e. The van der Waals surface area contributed by atoms with Crippen LogP contribution in [0, 0.1) is 5.41 Å². The van der Waals surface area contributed by atoms with Crippen molar-refractivity contribution >= 4 is 23.4 Å². The van der Waals surface area contributed by atoms with Gasteiger partial charge in [-0.3, -0.25) is 9.59 Å². The van der Waals surface area contributed by atoms with Gasteiger partial charge in [-0.1, -0.05) is 62.7 Å². The molecule has 1 aliphatic heterocycles. The summed E-state index contributed by atoms with van der Waals surface area (Å²) < 4.78 is 1.81. The summed E-state index contributed by atoms with van der Waals surface area (Å²) >= 11 is 6.07. The van der Waals surface area contributed by atoms with Gasteiger partial charge >= 0.3 is 0 Å². The third-order valence-corrected chi connectivity index (χ3v) is 6.32. The monoisotopic (exact) mass is 478 g/mol. The molecule has 0 aliphatic carbocycles. The van der Waals surface area contributed by atoms with Gasteiger partial charge in [0.15, 0.2) is 0 Å². The quantitative estimate of drug-likeness (QED) is 0.567. The van der Waals surface area contributed by atoms with Crippen LogP contribution in [0.2, 0.25) is 5.02 Å². The van der Waals surface area contributed by atoms with E-state index in [4.69, 9.17) is 16.7 Å². The van der Waals surface area contributed by atoms with Gasteiger partial charge in [-0.25, -0.2) is 4.68 Å². The lowest BCUT2D eigenvalue weighted by atomic mass is 9.93. The van der Waals surface area contributed by atoms with E-state index in [1.165, 1.54) is 0 Å². The first kappa shape index (κ1) is 24.0. The van der Waals surface area contributed by atoms with Gasteiger partial charge in [-0.2, -0.15) is 5.10 Å². The summed E-state index contributed by atoms with van der Waals surface area (Å²) in [5.41, 5.74) is 3.08. The van der Waals surface area contributed by atoms with Crippen LogP contribution in [0.25, 0.3) is 16.9 Å². The Morgan fingerprint density at radius 3 is 2.29 bits per heavy atom. The number of carbonyl (C=O) groups excluding carboxylic acids is 2. The highest BCUT2D eigenvalue weighted by molar-refractivity contribution is 6.30. The summed E-state index contributed by atoms with van der Waals surface area (Å²) in [5.74, 6) is 0.127. The van der Waals surface area contributed by atoms with Crippen LogP contribution in [0.3, 0.4) is 0 Å². The van der Waals surface area contributed by atoms with Crippen LogP contribution in [0.1, 0.15) is 39.2 Å². The molecule has 178 valence electrons. The molecule has 6 nitrogen and oxygen atoms in total. The molecule has 1 aliphatic rings. The number of halogens is 1. The van der Waals surface area contributed by atoms with Crippen molar-refractivity contribution < 1.29 is 9.59 Å². The maximum absolute atomic E-state index is 13.0. The topological polar surface area (TPSA) is 67.2 Å². The van der Waals surface area contributed by atoms with E-state index in [1.807, 2.05) is 91.1 Å². The standard InChI is InChI=1S/C27H31ClN4O2/c1-27(2,3)26(34)31-15-13-22(14-16-31)29-24(33)17-20-18-32(23-7-5-4-6-8-23)30-25(20)19-9-11-21(28)12-10-19/h4-12,18,22H,13-17H2,1-3H3,(H,29,33). The largest absolute Gasteiger partial charge is 0.353 e. The van der Waals surface area contributed by atoms with E-state index in [1.54, 1.807) is 0 Å². The Morgan fingerprint density at radius 1 is 1.03 bits per heavy atom. The van der Waals surface area contributed by atoms with Crippen LogP contribution < -0.4 is 5.32 Å². The van der Waals surface area contributed by atoms with Crippen molar-refractivity contribution in [2.45, 2.75) is 46.1 Å². The average Bonchev–Trinajstić information content (AvgIpc) is 3.23. The average molecular weight is 479 g/mol. The first-order valence-electron chi connectivity index (χ1n) is 11.7. The molecule has 1 N–H and O–H groups in total. The SMILES string of the molecule is CC(C)(C)C(=O)N1CCC(NC(=O)Cc2cn(-c3ccccc3)nc2-c2ccc(Cl)cc2)CC1. The Hall–Kier alpha value is -3.12. The number of carbonyl (C=O) groups is 2. The second-order valence-corrected chi connectivity index (χ2v) is 10.3. The smallest absolute Gasteiger partial charge is 0.227 e. The minimum absolute atomic E-state index is 0.0385. The maximum Gasteiger partial charge on any atom is 0.227 e. The highest BCUT2D eigenvalue weighted by Crippen LogP contribution is 2.26. The molecule has 0 radical (unpaired) electrons. The van der Waals surface area contributed by atoms with Gasteiger partial charge in [-0.15, -0.1) is 0 Å². The molecular weight excluding hydrogens is 448 g/mol. The Balaban J connectivity index is 1.46. The summed E-state index contributed by atoms with van der Waals surface area (Å²) in [6.07, 6.45) is 3.68. The Bertz CT molecular complexity index is 1140. The van der Waals surface area contributed by atoms with Crippen LogP contribution in [0.5, 0.6) is 0 Å². The Labute approximate surface area is 205 Å². The molecule has 3 aromatic rings. The lowest BCUT2D eigenvalue weighted by molar-refractivity contribution is -0.140. The van der Waals surface area contributed by atoms with Crippen molar-refractivity contribution in [3.63, 3.8) is 0 Å². The predicted octanol–water partition coefficient (Wildman–Crippen LogP) is 4.89. The van der Waals surface area contributed by atoms with E-state index in [-0.39, 0.29) is 29.7 Å². The summed E-state index contributed by atoms with van der Waals surface area (Å²) in [4.78, 5) is 27.4. The number of benzene rings is 2. The highest BCUT2D eigenvalue weighted by atomic mass is 35.5. The molecule has 0 bridgehead atoms. The Kier molecular flexibility index (Phi) is 7.08. The summed E-state index contributed by atoms with van der Waals surface area (Å²) in [6.45, 7) is 7.16. The summed E-state index contributed by atoms with van der Waals surface area (Å²) in [6, 6.07) is 17.4. The van der Waals surface area contributed by atoms with Crippen molar-refractivity contribution in [3.05, 3.63) is 71.4 Å². The minimum atomic E-state index is -0.382. The van der Waals surface area contributed by atoms with E-state index in [2.05, 4.69) is 5.32 Å². The molecule has 1 fully saturated rings. The number of aromatic nitrogens is 2. The third kappa shape index (κ3) is 5.68. The molecule has 1 aromatic heterocycles. The molecule has 2 amide bonds. The lowest BCUT2D eigenvalue weighted by Crippen LogP contribution is -2.49. The van der Waals surface area contributed by atoms with Crippen LogP contribution in [-0.2, 0) is 16.0 Å². The second kappa shape index (κ2) is 10.0. The van der Waals surface area contributed by atoms with Gasteiger partial charge in [0.1, 0.15) is 0 Å². The first-order valence-corrected chi connectivity index (χ1v) is 12.1. The molecule has 0 saturated carbocycles. The third-order valence-electron chi connectivity index (χ3n) is 6.07. The van der Waals surface area contributed by atoms with Gasteiger partial charge < -0.3 is 10.2 Å². The number of nitrogens with zero attached hydrogens (tertiary/aromatic N) is 3. The number of para-hydroxylation sites is 1. The molecule has 0 atom stereocenters. The maximum atomic E-state index is 13.0. The van der Waals surface area contributed by atoms with Crippen LogP contribution in [0.4, 0.5) is 0 Å².